The molecule has 7 nitrogen and oxygen atoms in total. The summed E-state index contributed by atoms with van der Waals surface area (Å²) < 4.78 is 3.39. The van der Waals surface area contributed by atoms with Crippen molar-refractivity contribution in [3.8, 4) is 0 Å². The number of nitrogens with zero attached hydrogens (tertiary/aromatic N) is 5. The molecule has 0 unspecified atom stereocenters. The lowest BCUT2D eigenvalue weighted by Gasteiger charge is -2.41. The fourth-order valence-corrected chi connectivity index (χ4v) is 5.79. The maximum absolute atomic E-state index is 12.9. The molecule has 1 saturated heterocycles. The summed E-state index contributed by atoms with van der Waals surface area (Å²) in [6, 6.07) is 7.46. The molecule has 1 saturated carbocycles. The van der Waals surface area contributed by atoms with E-state index < -0.39 is 0 Å². The zero-order valence-corrected chi connectivity index (χ0v) is 17.4. The Morgan fingerprint density at radius 3 is 2.79 bits per heavy atom. The second-order valence-corrected chi connectivity index (χ2v) is 9.16. The Balaban J connectivity index is 1.37. The predicted molar refractivity (Wildman–Crippen MR) is 113 cm³/mol. The Morgan fingerprint density at radius 1 is 1.14 bits per heavy atom. The van der Waals surface area contributed by atoms with Crippen LogP contribution in [0.1, 0.15) is 32.1 Å². The maximum Gasteiger partial charge on any atom is 0.262 e. The quantitative estimate of drug-likeness (QED) is 0.620. The van der Waals surface area contributed by atoms with E-state index in [1.165, 1.54) is 42.0 Å². The van der Waals surface area contributed by atoms with Gasteiger partial charge in [0.25, 0.3) is 5.56 Å². The van der Waals surface area contributed by atoms with Crippen molar-refractivity contribution >= 4 is 34.3 Å². The summed E-state index contributed by atoms with van der Waals surface area (Å²) in [7, 11) is 1.70. The van der Waals surface area contributed by atoms with Crippen LogP contribution in [0.5, 0.6) is 0 Å². The first-order valence-corrected chi connectivity index (χ1v) is 11.4. The van der Waals surface area contributed by atoms with Crippen LogP contribution in [-0.4, -0.2) is 48.8 Å². The third-order valence-corrected chi connectivity index (χ3v) is 7.48. The zero-order chi connectivity index (χ0) is 20.0. The summed E-state index contributed by atoms with van der Waals surface area (Å²) in [4.78, 5) is 27.5. The van der Waals surface area contributed by atoms with E-state index in [0.717, 1.165) is 30.9 Å². The number of rotatable bonds is 3. The summed E-state index contributed by atoms with van der Waals surface area (Å²) in [6.45, 7) is 1.78. The highest BCUT2D eigenvalue weighted by Crippen LogP contribution is 2.36. The Kier molecular flexibility index (Phi) is 4.81. The van der Waals surface area contributed by atoms with Crippen LogP contribution in [0.15, 0.2) is 34.2 Å². The van der Waals surface area contributed by atoms with Crippen LogP contribution in [0.3, 0.4) is 0 Å². The molecular formula is C21H25N5O2S. The number of fused-ring (bicyclic) bond motifs is 4. The van der Waals surface area contributed by atoms with Gasteiger partial charge in [-0.1, -0.05) is 43.2 Å². The summed E-state index contributed by atoms with van der Waals surface area (Å²) in [5.41, 5.74) is 0.678. The molecule has 8 heteroatoms. The molecule has 152 valence electrons. The van der Waals surface area contributed by atoms with Crippen LogP contribution >= 0.6 is 11.8 Å². The van der Waals surface area contributed by atoms with E-state index in [2.05, 4.69) is 10.2 Å². The highest BCUT2D eigenvalue weighted by molar-refractivity contribution is 7.99. The second-order valence-electron chi connectivity index (χ2n) is 8.22. The molecule has 29 heavy (non-hydrogen) atoms. The molecule has 0 spiro atoms. The van der Waals surface area contributed by atoms with Crippen molar-refractivity contribution in [3.05, 3.63) is 34.6 Å². The number of hydrogen-bond donors (Lipinski definition) is 0. The SMILES string of the molecule is Cn1c(=O)c2ccccc2n2c(SCC(=O)N3CC[C@H]4CCCC[C@H]4C3)nnc12. The molecule has 0 bridgehead atoms. The van der Waals surface area contributed by atoms with Gasteiger partial charge >= 0.3 is 0 Å². The minimum Gasteiger partial charge on any atom is -0.342 e. The van der Waals surface area contributed by atoms with Gasteiger partial charge in [-0.2, -0.15) is 0 Å². The lowest BCUT2D eigenvalue weighted by atomic mass is 9.75. The summed E-state index contributed by atoms with van der Waals surface area (Å²) >= 11 is 1.40. The first kappa shape index (κ1) is 18.7. The van der Waals surface area contributed by atoms with Crippen molar-refractivity contribution in [2.75, 3.05) is 18.8 Å². The molecule has 1 amide bonds. The lowest BCUT2D eigenvalue weighted by Crippen LogP contribution is -2.45. The fourth-order valence-electron chi connectivity index (χ4n) is 4.95. The number of amides is 1. The third kappa shape index (κ3) is 3.23. The maximum atomic E-state index is 12.9. The smallest absolute Gasteiger partial charge is 0.262 e. The number of benzene rings is 1. The van der Waals surface area contributed by atoms with Gasteiger partial charge in [-0.15, -0.1) is 10.2 Å². The third-order valence-electron chi connectivity index (χ3n) is 6.56. The van der Waals surface area contributed by atoms with Crippen molar-refractivity contribution < 1.29 is 4.79 Å². The Hall–Kier alpha value is -2.35. The number of aryl methyl sites for hydroxylation is 1. The van der Waals surface area contributed by atoms with Gasteiger partial charge in [-0.25, -0.2) is 0 Å². The van der Waals surface area contributed by atoms with E-state index >= 15 is 0 Å². The normalized spacial score (nSPS) is 22.2. The van der Waals surface area contributed by atoms with Crippen molar-refractivity contribution in [2.24, 2.45) is 18.9 Å². The van der Waals surface area contributed by atoms with E-state index in [1.807, 2.05) is 33.6 Å². The van der Waals surface area contributed by atoms with E-state index in [1.54, 1.807) is 7.05 Å². The number of aromatic nitrogens is 4. The zero-order valence-electron chi connectivity index (χ0n) is 16.6. The van der Waals surface area contributed by atoms with Gasteiger partial charge in [-0.05, 0) is 36.8 Å². The van der Waals surface area contributed by atoms with Crippen LogP contribution in [0.25, 0.3) is 16.7 Å². The number of para-hydroxylation sites is 1. The van der Waals surface area contributed by atoms with Crippen LogP contribution in [0, 0.1) is 11.8 Å². The molecule has 2 aliphatic rings. The van der Waals surface area contributed by atoms with Gasteiger partial charge in [0, 0.05) is 20.1 Å². The van der Waals surface area contributed by atoms with Crippen LogP contribution in [-0.2, 0) is 11.8 Å². The van der Waals surface area contributed by atoms with Crippen molar-refractivity contribution in [1.29, 1.82) is 0 Å². The predicted octanol–water partition coefficient (Wildman–Crippen LogP) is 2.71. The average molecular weight is 412 g/mol. The van der Waals surface area contributed by atoms with Crippen molar-refractivity contribution in [2.45, 2.75) is 37.3 Å². The molecule has 3 heterocycles. The Labute approximate surface area is 173 Å². The summed E-state index contributed by atoms with van der Waals surface area (Å²) in [5, 5.41) is 9.75. The number of likely N-dealkylation sites (tertiary alicyclic amines) is 1. The molecule has 1 aromatic carbocycles. The minimum absolute atomic E-state index is 0.0940. The molecule has 3 aromatic rings. The van der Waals surface area contributed by atoms with Gasteiger partial charge in [0.2, 0.25) is 11.7 Å². The second kappa shape index (κ2) is 7.48. The standard InChI is InChI=1S/C21H25N5O2S/c1-24-19(28)16-8-4-5-9-17(16)26-20(24)22-23-21(26)29-13-18(27)25-11-10-14-6-2-3-7-15(14)12-25/h4-5,8-9,14-15H,2-3,6-7,10-13H2,1H3/t14-,15+/m1/s1. The van der Waals surface area contributed by atoms with E-state index in [4.69, 9.17) is 0 Å². The lowest BCUT2D eigenvalue weighted by molar-refractivity contribution is -0.131. The van der Waals surface area contributed by atoms with Gasteiger partial charge in [0.05, 0.1) is 16.7 Å². The van der Waals surface area contributed by atoms with E-state index in [0.29, 0.717) is 28.0 Å². The molecule has 1 aliphatic heterocycles. The van der Waals surface area contributed by atoms with Gasteiger partial charge in [-0.3, -0.25) is 18.6 Å². The fraction of sp³-hybridized carbons (Fsp3) is 0.524. The monoisotopic (exact) mass is 411 g/mol. The molecule has 0 N–H and O–H groups in total. The summed E-state index contributed by atoms with van der Waals surface area (Å²) in [6.07, 6.45) is 6.38. The largest absolute Gasteiger partial charge is 0.342 e. The molecule has 2 fully saturated rings. The molecular weight excluding hydrogens is 386 g/mol. The van der Waals surface area contributed by atoms with Crippen molar-refractivity contribution in [3.63, 3.8) is 0 Å². The van der Waals surface area contributed by atoms with E-state index in [9.17, 15) is 9.59 Å². The van der Waals surface area contributed by atoms with Crippen molar-refractivity contribution in [1.82, 2.24) is 24.1 Å². The van der Waals surface area contributed by atoms with Gasteiger partial charge < -0.3 is 4.90 Å². The first-order chi connectivity index (χ1) is 14.1. The van der Waals surface area contributed by atoms with Crippen LogP contribution in [0.4, 0.5) is 0 Å². The number of piperidine rings is 1. The van der Waals surface area contributed by atoms with E-state index in [-0.39, 0.29) is 11.5 Å². The van der Waals surface area contributed by atoms with Crippen LogP contribution < -0.4 is 5.56 Å². The van der Waals surface area contributed by atoms with Crippen LogP contribution in [0.2, 0.25) is 0 Å². The topological polar surface area (TPSA) is 72.5 Å². The number of carbonyl (C=O) groups is 1. The minimum atomic E-state index is -0.0940. The average Bonchev–Trinajstić information content (AvgIpc) is 3.19. The summed E-state index contributed by atoms with van der Waals surface area (Å²) in [5.74, 6) is 2.50. The highest BCUT2D eigenvalue weighted by Gasteiger charge is 2.33. The Bertz CT molecular complexity index is 1140. The molecule has 5 rings (SSSR count). The highest BCUT2D eigenvalue weighted by atomic mass is 32.2. The number of thioether (sulfide) groups is 1. The molecule has 0 radical (unpaired) electrons. The van der Waals surface area contributed by atoms with Gasteiger partial charge in [0.1, 0.15) is 0 Å². The molecule has 2 aromatic heterocycles. The first-order valence-electron chi connectivity index (χ1n) is 10.4. The Morgan fingerprint density at radius 2 is 1.93 bits per heavy atom. The number of carbonyl (C=O) groups excluding carboxylic acids is 1. The van der Waals surface area contributed by atoms with Gasteiger partial charge in [0.15, 0.2) is 5.16 Å². The molecule has 2 atom stereocenters. The molecule has 1 aliphatic carbocycles. The number of hydrogen-bond acceptors (Lipinski definition) is 5.